The van der Waals surface area contributed by atoms with Gasteiger partial charge in [-0.3, -0.25) is 9.78 Å². The van der Waals surface area contributed by atoms with Crippen LogP contribution >= 0.6 is 0 Å². The van der Waals surface area contributed by atoms with E-state index in [1.807, 2.05) is 32.9 Å². The summed E-state index contributed by atoms with van der Waals surface area (Å²) in [7, 11) is 2.08. The molecule has 0 atom stereocenters. The molecule has 1 aromatic rings. The Hall–Kier alpha value is -3.26. The predicted molar refractivity (Wildman–Crippen MR) is 121 cm³/mol. The summed E-state index contributed by atoms with van der Waals surface area (Å²) in [5.41, 5.74) is 7.59. The predicted octanol–water partition coefficient (Wildman–Crippen LogP) is 3.02. The molecule has 0 aromatic carbocycles. The van der Waals surface area contributed by atoms with Crippen LogP contribution in [0.25, 0.3) is 5.57 Å². The molecule has 2 aliphatic heterocycles. The topological polar surface area (TPSA) is 107 Å². The molecule has 1 aromatic heterocycles. The van der Waals surface area contributed by atoms with E-state index in [2.05, 4.69) is 22.7 Å². The molecule has 0 bridgehead atoms. The van der Waals surface area contributed by atoms with Gasteiger partial charge in [0.05, 0.1) is 11.3 Å². The van der Waals surface area contributed by atoms with Crippen molar-refractivity contribution in [2.24, 2.45) is 5.92 Å². The van der Waals surface area contributed by atoms with Crippen molar-refractivity contribution in [3.8, 4) is 0 Å². The fourth-order valence-electron chi connectivity index (χ4n) is 4.26. The maximum absolute atomic E-state index is 12.8. The number of carbonyl (C=O) groups is 1. The first kappa shape index (κ1) is 22.0. The summed E-state index contributed by atoms with van der Waals surface area (Å²) >= 11 is 0. The van der Waals surface area contributed by atoms with E-state index in [1.54, 1.807) is 0 Å². The van der Waals surface area contributed by atoms with Crippen molar-refractivity contribution < 1.29 is 19.8 Å². The number of amides is 1. The van der Waals surface area contributed by atoms with E-state index in [0.717, 1.165) is 30.8 Å². The van der Waals surface area contributed by atoms with Gasteiger partial charge in [0.2, 0.25) is 0 Å². The number of allylic oxidation sites excluding steroid dienone is 4. The van der Waals surface area contributed by atoms with Gasteiger partial charge in [0.25, 0.3) is 5.91 Å². The van der Waals surface area contributed by atoms with Crippen LogP contribution in [0.2, 0.25) is 0 Å². The molecule has 0 unspecified atom stereocenters. The fraction of sp³-hybridized carbons (Fsp3) is 0.417. The molecule has 32 heavy (non-hydrogen) atoms. The molecule has 0 saturated heterocycles. The van der Waals surface area contributed by atoms with Crippen molar-refractivity contribution in [1.29, 1.82) is 0 Å². The summed E-state index contributed by atoms with van der Waals surface area (Å²) in [5.74, 6) is 0.111. The normalized spacial score (nSPS) is 21.3. The van der Waals surface area contributed by atoms with Crippen LogP contribution in [0.5, 0.6) is 0 Å². The smallest absolute Gasteiger partial charge is 0.271 e. The second kappa shape index (κ2) is 8.70. The number of rotatable bonds is 4. The Morgan fingerprint density at radius 3 is 2.84 bits per heavy atom. The Kier molecular flexibility index (Phi) is 5.97. The lowest BCUT2D eigenvalue weighted by Crippen LogP contribution is -2.29. The summed E-state index contributed by atoms with van der Waals surface area (Å²) in [6, 6.07) is 3.93. The van der Waals surface area contributed by atoms with E-state index >= 15 is 0 Å². The maximum atomic E-state index is 12.8. The van der Waals surface area contributed by atoms with Crippen molar-refractivity contribution in [3.63, 3.8) is 0 Å². The summed E-state index contributed by atoms with van der Waals surface area (Å²) in [5, 5.41) is 23.8. The second-order valence-corrected chi connectivity index (χ2v) is 8.68. The van der Waals surface area contributed by atoms with Crippen LogP contribution in [0.1, 0.15) is 44.1 Å². The number of nitrogens with one attached hydrogen (secondary N) is 2. The highest BCUT2D eigenvalue weighted by molar-refractivity contribution is 6.04. The third kappa shape index (κ3) is 3.98. The van der Waals surface area contributed by atoms with Crippen LogP contribution in [0.3, 0.4) is 0 Å². The van der Waals surface area contributed by atoms with E-state index in [0.29, 0.717) is 35.6 Å². The quantitative estimate of drug-likeness (QED) is 0.572. The zero-order valence-electron chi connectivity index (χ0n) is 19.0. The average molecular weight is 439 g/mol. The Morgan fingerprint density at radius 1 is 1.34 bits per heavy atom. The first-order valence-corrected chi connectivity index (χ1v) is 11.0. The van der Waals surface area contributed by atoms with Crippen LogP contribution in [0, 0.1) is 5.92 Å². The van der Waals surface area contributed by atoms with Crippen molar-refractivity contribution in [2.45, 2.75) is 40.2 Å². The number of pyridine rings is 1. The molecule has 4 rings (SSSR count). The van der Waals surface area contributed by atoms with Gasteiger partial charge in [-0.25, -0.2) is 5.48 Å². The number of fused-ring (bicyclic) bond motifs is 1. The first-order valence-electron chi connectivity index (χ1n) is 11.0. The average Bonchev–Trinajstić information content (AvgIpc) is 3.18. The van der Waals surface area contributed by atoms with Gasteiger partial charge in [0.1, 0.15) is 17.2 Å². The van der Waals surface area contributed by atoms with Gasteiger partial charge in [-0.15, -0.1) is 0 Å². The fourth-order valence-corrected chi connectivity index (χ4v) is 4.26. The Bertz CT molecular complexity index is 1080. The third-order valence-electron chi connectivity index (χ3n) is 6.04. The highest BCUT2D eigenvalue weighted by atomic mass is 16.7. The number of aliphatic hydroxyl groups excluding tert-OH is 2. The standard InChI is InChI=1S/C24H30N4O4/c1-5-25-24(31)22-21(18-7-6-14-12-28(4)9-8-17(14)26-18)23(32-27-22)16-10-15(13(2)3)19(29)11-20(16)30/h6-7,11,13,27,29-30H,5,8-10,12H2,1-4H3,(H,25,31). The third-order valence-corrected chi connectivity index (χ3v) is 6.04. The van der Waals surface area contributed by atoms with E-state index in [1.165, 1.54) is 11.6 Å². The maximum Gasteiger partial charge on any atom is 0.271 e. The largest absolute Gasteiger partial charge is 0.508 e. The van der Waals surface area contributed by atoms with Crippen LogP contribution in [-0.4, -0.2) is 46.1 Å². The van der Waals surface area contributed by atoms with Crippen LogP contribution < -0.4 is 10.8 Å². The molecule has 0 spiro atoms. The minimum Gasteiger partial charge on any atom is -0.508 e. The molecule has 1 aliphatic carbocycles. The van der Waals surface area contributed by atoms with Gasteiger partial charge >= 0.3 is 0 Å². The second-order valence-electron chi connectivity index (χ2n) is 8.68. The number of hydrogen-bond acceptors (Lipinski definition) is 7. The summed E-state index contributed by atoms with van der Waals surface area (Å²) < 4.78 is 0. The first-order chi connectivity index (χ1) is 15.3. The molecule has 3 aliphatic rings. The minimum atomic E-state index is -0.306. The van der Waals surface area contributed by atoms with Gasteiger partial charge in [0, 0.05) is 49.8 Å². The number of carbonyl (C=O) groups excluding carboxylic acids is 1. The zero-order valence-corrected chi connectivity index (χ0v) is 19.0. The molecule has 1 amide bonds. The number of aliphatic hydroxyl groups is 2. The van der Waals surface area contributed by atoms with Crippen molar-refractivity contribution >= 4 is 11.5 Å². The number of likely N-dealkylation sites (N-methyl/N-ethyl adjacent to an activating group) is 2. The molecule has 4 N–H and O–H groups in total. The van der Waals surface area contributed by atoms with Gasteiger partial charge in [0.15, 0.2) is 5.76 Å². The Labute approximate surface area is 187 Å². The zero-order chi connectivity index (χ0) is 23.0. The molecule has 0 radical (unpaired) electrons. The Balaban J connectivity index is 1.85. The lowest BCUT2D eigenvalue weighted by Gasteiger charge is -2.25. The molecular weight excluding hydrogens is 408 g/mol. The van der Waals surface area contributed by atoms with Crippen molar-refractivity contribution in [1.82, 2.24) is 20.7 Å². The molecule has 8 heteroatoms. The lowest BCUT2D eigenvalue weighted by atomic mass is 9.87. The van der Waals surface area contributed by atoms with Gasteiger partial charge in [-0.1, -0.05) is 19.9 Å². The minimum absolute atomic E-state index is 0.0679. The van der Waals surface area contributed by atoms with E-state index in [9.17, 15) is 15.0 Å². The number of nitrogens with zero attached hydrogens (tertiary/aromatic N) is 2. The van der Waals surface area contributed by atoms with E-state index < -0.39 is 0 Å². The highest BCUT2D eigenvalue weighted by Gasteiger charge is 2.34. The van der Waals surface area contributed by atoms with E-state index in [-0.39, 0.29) is 29.0 Å². The summed E-state index contributed by atoms with van der Waals surface area (Å²) in [4.78, 5) is 25.7. The number of aromatic nitrogens is 1. The number of hydroxylamine groups is 1. The molecule has 8 nitrogen and oxygen atoms in total. The van der Waals surface area contributed by atoms with E-state index in [4.69, 9.17) is 9.82 Å². The summed E-state index contributed by atoms with van der Waals surface area (Å²) in [6.07, 6.45) is 2.47. The van der Waals surface area contributed by atoms with Gasteiger partial charge in [-0.05, 0) is 37.1 Å². The number of hydrogen-bond donors (Lipinski definition) is 4. The Morgan fingerprint density at radius 2 is 2.12 bits per heavy atom. The molecule has 3 heterocycles. The van der Waals surface area contributed by atoms with Crippen LogP contribution in [0.15, 0.2) is 52.3 Å². The van der Waals surface area contributed by atoms with Crippen LogP contribution in [-0.2, 0) is 22.6 Å². The van der Waals surface area contributed by atoms with Crippen LogP contribution in [0.4, 0.5) is 0 Å². The molecular formula is C24H30N4O4. The lowest BCUT2D eigenvalue weighted by molar-refractivity contribution is -0.118. The molecule has 0 saturated carbocycles. The SMILES string of the molecule is CCNC(=O)C1=C(c2ccc3c(n2)CCN(C)C3)C(=C2CC(C(C)C)=C(O)C=C2O)ON1. The van der Waals surface area contributed by atoms with Crippen molar-refractivity contribution in [3.05, 3.63) is 69.3 Å². The monoisotopic (exact) mass is 438 g/mol. The van der Waals surface area contributed by atoms with Gasteiger partial charge < -0.3 is 25.3 Å². The van der Waals surface area contributed by atoms with Gasteiger partial charge in [-0.2, -0.15) is 0 Å². The highest BCUT2D eigenvalue weighted by Crippen LogP contribution is 2.40. The molecule has 170 valence electrons. The summed E-state index contributed by atoms with van der Waals surface area (Å²) in [6.45, 7) is 8.03. The molecule has 0 fully saturated rings. The van der Waals surface area contributed by atoms with Crippen molar-refractivity contribution in [2.75, 3.05) is 20.1 Å².